The van der Waals surface area contributed by atoms with Gasteiger partial charge in [0.05, 0.1) is 18.5 Å². The van der Waals surface area contributed by atoms with E-state index in [1.54, 1.807) is 30.1 Å². The highest BCUT2D eigenvalue weighted by Gasteiger charge is 2.23. The Kier molecular flexibility index (Phi) is 4.57. The summed E-state index contributed by atoms with van der Waals surface area (Å²) in [7, 11) is 1.72. The predicted octanol–water partition coefficient (Wildman–Crippen LogP) is 0.618. The molecule has 1 aromatic carbocycles. The van der Waals surface area contributed by atoms with E-state index in [1.165, 1.54) is 11.0 Å². The van der Waals surface area contributed by atoms with E-state index in [1.807, 2.05) is 0 Å². The second-order valence-corrected chi connectivity index (χ2v) is 5.12. The van der Waals surface area contributed by atoms with Crippen LogP contribution in [0.4, 0.5) is 0 Å². The molecule has 6 nitrogen and oxygen atoms in total. The van der Waals surface area contributed by atoms with Crippen molar-refractivity contribution in [1.82, 2.24) is 9.80 Å². The second-order valence-electron chi connectivity index (χ2n) is 5.12. The summed E-state index contributed by atoms with van der Waals surface area (Å²) in [6.07, 6.45) is 0.730. The van der Waals surface area contributed by atoms with E-state index < -0.39 is 5.97 Å². The van der Waals surface area contributed by atoms with Crippen molar-refractivity contribution in [3.05, 3.63) is 35.4 Å². The number of amides is 2. The van der Waals surface area contributed by atoms with Gasteiger partial charge in [0.25, 0.3) is 0 Å². The minimum Gasteiger partial charge on any atom is -0.478 e. The number of carbonyl (C=O) groups is 3. The van der Waals surface area contributed by atoms with Gasteiger partial charge in [-0.15, -0.1) is 0 Å². The van der Waals surface area contributed by atoms with Crippen LogP contribution in [0.2, 0.25) is 0 Å². The Morgan fingerprint density at radius 2 is 1.95 bits per heavy atom. The summed E-state index contributed by atoms with van der Waals surface area (Å²) in [5, 5.41) is 9.12. The summed E-state index contributed by atoms with van der Waals surface area (Å²) in [6.45, 7) is 1.21. The van der Waals surface area contributed by atoms with Gasteiger partial charge in [-0.1, -0.05) is 18.2 Å². The molecule has 1 saturated heterocycles. The molecule has 0 unspecified atom stereocenters. The van der Waals surface area contributed by atoms with Crippen LogP contribution in [0.5, 0.6) is 0 Å². The first-order valence-corrected chi connectivity index (χ1v) is 6.82. The molecule has 0 aromatic heterocycles. The summed E-state index contributed by atoms with van der Waals surface area (Å²) in [5.41, 5.74) is 0.601. The molecular formula is C15H18N2O4. The molecule has 1 aromatic rings. The molecular weight excluding hydrogens is 272 g/mol. The van der Waals surface area contributed by atoms with Crippen LogP contribution >= 0.6 is 0 Å². The molecule has 6 heteroatoms. The van der Waals surface area contributed by atoms with E-state index in [2.05, 4.69) is 0 Å². The molecule has 1 aliphatic rings. The molecule has 2 amide bonds. The van der Waals surface area contributed by atoms with Gasteiger partial charge in [0.15, 0.2) is 0 Å². The van der Waals surface area contributed by atoms with Crippen LogP contribution in [0.25, 0.3) is 0 Å². The molecule has 0 aliphatic carbocycles. The van der Waals surface area contributed by atoms with Crippen molar-refractivity contribution < 1.29 is 19.5 Å². The maximum atomic E-state index is 12.3. The van der Waals surface area contributed by atoms with Crippen LogP contribution in [-0.2, 0) is 16.0 Å². The normalized spacial score (nSPS) is 15.8. The quantitative estimate of drug-likeness (QED) is 0.885. The SMILES string of the molecule is CN1CCCN(C(=O)Cc2ccccc2C(=O)O)CC1=O. The van der Waals surface area contributed by atoms with Crippen molar-refractivity contribution in [2.24, 2.45) is 0 Å². The zero-order valence-electron chi connectivity index (χ0n) is 11.9. The largest absolute Gasteiger partial charge is 0.478 e. The number of carboxylic acids is 1. The lowest BCUT2D eigenvalue weighted by Gasteiger charge is -2.20. The van der Waals surface area contributed by atoms with Gasteiger partial charge in [-0.05, 0) is 18.1 Å². The molecule has 112 valence electrons. The fourth-order valence-electron chi connectivity index (χ4n) is 2.36. The lowest BCUT2D eigenvalue weighted by molar-refractivity contribution is -0.137. The van der Waals surface area contributed by atoms with E-state index >= 15 is 0 Å². The molecule has 1 fully saturated rings. The van der Waals surface area contributed by atoms with Crippen LogP contribution < -0.4 is 0 Å². The topological polar surface area (TPSA) is 77.9 Å². The standard InChI is InChI=1S/C15H18N2O4/c1-16-7-4-8-17(10-14(16)19)13(18)9-11-5-2-3-6-12(11)15(20)21/h2-3,5-6H,4,7-10H2,1H3,(H,20,21). The summed E-state index contributed by atoms with van der Waals surface area (Å²) in [5.74, 6) is -1.36. The Bertz CT molecular complexity index is 571. The third kappa shape index (κ3) is 3.59. The van der Waals surface area contributed by atoms with Crippen molar-refractivity contribution in [2.45, 2.75) is 12.8 Å². The molecule has 21 heavy (non-hydrogen) atoms. The molecule has 0 saturated carbocycles. The van der Waals surface area contributed by atoms with Crippen LogP contribution in [0.15, 0.2) is 24.3 Å². The number of aromatic carboxylic acids is 1. The highest BCUT2D eigenvalue weighted by Crippen LogP contribution is 2.12. The monoisotopic (exact) mass is 290 g/mol. The van der Waals surface area contributed by atoms with Crippen molar-refractivity contribution >= 4 is 17.8 Å². The Morgan fingerprint density at radius 1 is 1.24 bits per heavy atom. The third-order valence-electron chi connectivity index (χ3n) is 3.62. The van der Waals surface area contributed by atoms with Crippen LogP contribution in [-0.4, -0.2) is 59.4 Å². The van der Waals surface area contributed by atoms with Gasteiger partial charge in [-0.3, -0.25) is 9.59 Å². The molecule has 1 N–H and O–H groups in total. The number of carboxylic acid groups (broad SMARTS) is 1. The van der Waals surface area contributed by atoms with Crippen LogP contribution in [0, 0.1) is 0 Å². The molecule has 2 rings (SSSR count). The van der Waals surface area contributed by atoms with Gasteiger partial charge in [0, 0.05) is 20.1 Å². The van der Waals surface area contributed by atoms with Crippen LogP contribution in [0.1, 0.15) is 22.3 Å². The van der Waals surface area contributed by atoms with Gasteiger partial charge in [0.1, 0.15) is 0 Å². The molecule has 1 aliphatic heterocycles. The highest BCUT2D eigenvalue weighted by molar-refractivity contribution is 5.92. The van der Waals surface area contributed by atoms with Crippen LogP contribution in [0.3, 0.4) is 0 Å². The maximum Gasteiger partial charge on any atom is 0.335 e. The third-order valence-corrected chi connectivity index (χ3v) is 3.62. The van der Waals surface area contributed by atoms with E-state index in [-0.39, 0.29) is 30.3 Å². The van der Waals surface area contributed by atoms with Crippen molar-refractivity contribution in [2.75, 3.05) is 26.7 Å². The fraction of sp³-hybridized carbons (Fsp3) is 0.400. The van der Waals surface area contributed by atoms with E-state index in [4.69, 9.17) is 5.11 Å². The average Bonchev–Trinajstić information content (AvgIpc) is 2.61. The summed E-state index contributed by atoms with van der Waals surface area (Å²) in [6, 6.07) is 6.44. The summed E-state index contributed by atoms with van der Waals surface area (Å²) < 4.78 is 0. The van der Waals surface area contributed by atoms with Gasteiger partial charge in [-0.25, -0.2) is 4.79 Å². The van der Waals surface area contributed by atoms with Gasteiger partial charge >= 0.3 is 5.97 Å². The Hall–Kier alpha value is -2.37. The number of carbonyl (C=O) groups excluding carboxylic acids is 2. The summed E-state index contributed by atoms with van der Waals surface area (Å²) >= 11 is 0. The lowest BCUT2D eigenvalue weighted by Crippen LogP contribution is -2.38. The van der Waals surface area contributed by atoms with Gasteiger partial charge in [-0.2, -0.15) is 0 Å². The number of rotatable bonds is 3. The molecule has 0 atom stereocenters. The first-order valence-electron chi connectivity index (χ1n) is 6.82. The first-order chi connectivity index (χ1) is 9.99. The zero-order valence-corrected chi connectivity index (χ0v) is 11.9. The molecule has 0 radical (unpaired) electrons. The van der Waals surface area contributed by atoms with E-state index in [9.17, 15) is 14.4 Å². The molecule has 0 bridgehead atoms. The van der Waals surface area contributed by atoms with Crippen molar-refractivity contribution in [3.63, 3.8) is 0 Å². The average molecular weight is 290 g/mol. The van der Waals surface area contributed by atoms with Gasteiger partial charge in [0.2, 0.25) is 11.8 Å². The number of hydrogen-bond donors (Lipinski definition) is 1. The minimum atomic E-state index is -1.05. The minimum absolute atomic E-state index is 0.000528. The van der Waals surface area contributed by atoms with Crippen molar-refractivity contribution in [3.8, 4) is 0 Å². The number of nitrogens with zero attached hydrogens (tertiary/aromatic N) is 2. The smallest absolute Gasteiger partial charge is 0.335 e. The van der Waals surface area contributed by atoms with E-state index in [0.29, 0.717) is 18.7 Å². The lowest BCUT2D eigenvalue weighted by atomic mass is 10.0. The Labute approximate surface area is 123 Å². The summed E-state index contributed by atoms with van der Waals surface area (Å²) in [4.78, 5) is 38.4. The molecule has 1 heterocycles. The number of benzene rings is 1. The van der Waals surface area contributed by atoms with Gasteiger partial charge < -0.3 is 14.9 Å². The second kappa shape index (κ2) is 6.39. The first kappa shape index (κ1) is 15.0. The fourth-order valence-corrected chi connectivity index (χ4v) is 2.36. The zero-order chi connectivity index (χ0) is 15.4. The highest BCUT2D eigenvalue weighted by atomic mass is 16.4. The Balaban J connectivity index is 2.11. The number of hydrogen-bond acceptors (Lipinski definition) is 3. The van der Waals surface area contributed by atoms with Crippen molar-refractivity contribution in [1.29, 1.82) is 0 Å². The predicted molar refractivity (Wildman–Crippen MR) is 75.9 cm³/mol. The maximum absolute atomic E-state index is 12.3. The number of likely N-dealkylation sites (N-methyl/N-ethyl adjacent to an activating group) is 1. The Morgan fingerprint density at radius 3 is 2.67 bits per heavy atom. The molecule has 0 spiro atoms. The van der Waals surface area contributed by atoms with E-state index in [0.717, 1.165) is 6.42 Å².